The van der Waals surface area contributed by atoms with E-state index in [1.54, 1.807) is 13.0 Å². The van der Waals surface area contributed by atoms with Crippen LogP contribution >= 0.6 is 0 Å². The maximum atomic E-state index is 13.6. The van der Waals surface area contributed by atoms with E-state index in [0.717, 1.165) is 12.0 Å². The van der Waals surface area contributed by atoms with Gasteiger partial charge in [0, 0.05) is 25.6 Å². The molecular formula is C20H30FN3O2. The molecule has 1 aromatic rings. The van der Waals surface area contributed by atoms with Crippen LogP contribution in [0, 0.1) is 18.7 Å². The lowest BCUT2D eigenvalue weighted by Gasteiger charge is -2.35. The number of carbonyl (C=O) groups excluding carboxylic acids is 2. The van der Waals surface area contributed by atoms with Gasteiger partial charge in [-0.2, -0.15) is 0 Å². The topological polar surface area (TPSA) is 52.7 Å². The number of likely N-dealkylation sites (tertiary alicyclic amines) is 1. The number of halogens is 1. The molecule has 0 aliphatic carbocycles. The second kappa shape index (κ2) is 9.12. The standard InChI is InChI=1S/C20H30FN3O2/c1-5-18(23(3)4)20(26)24-10-8-16(9-11-24)19(25)22-13-15-7-6-14(2)17(21)12-15/h6-7,12,16,18H,5,8-11,13H2,1-4H3,(H,22,25)/t18-/m0/s1. The van der Waals surface area contributed by atoms with Crippen molar-refractivity contribution in [1.82, 2.24) is 15.1 Å². The number of aryl methyl sites for hydroxylation is 1. The van der Waals surface area contributed by atoms with Gasteiger partial charge in [0.05, 0.1) is 6.04 Å². The Morgan fingerprint density at radius 2 is 1.96 bits per heavy atom. The van der Waals surface area contributed by atoms with Crippen LogP contribution in [0.5, 0.6) is 0 Å². The molecule has 0 bridgehead atoms. The molecule has 0 spiro atoms. The summed E-state index contributed by atoms with van der Waals surface area (Å²) in [5, 5.41) is 2.89. The van der Waals surface area contributed by atoms with Gasteiger partial charge in [-0.05, 0) is 57.5 Å². The van der Waals surface area contributed by atoms with Crippen LogP contribution in [0.25, 0.3) is 0 Å². The number of benzene rings is 1. The van der Waals surface area contributed by atoms with Crippen molar-refractivity contribution in [1.29, 1.82) is 0 Å². The first-order chi connectivity index (χ1) is 12.3. The largest absolute Gasteiger partial charge is 0.352 e. The van der Waals surface area contributed by atoms with Crippen LogP contribution in [0.3, 0.4) is 0 Å². The summed E-state index contributed by atoms with van der Waals surface area (Å²) >= 11 is 0. The first-order valence-electron chi connectivity index (χ1n) is 9.31. The first-order valence-corrected chi connectivity index (χ1v) is 9.31. The Morgan fingerprint density at radius 3 is 2.50 bits per heavy atom. The highest BCUT2D eigenvalue weighted by Crippen LogP contribution is 2.19. The van der Waals surface area contributed by atoms with E-state index in [4.69, 9.17) is 0 Å². The van der Waals surface area contributed by atoms with Gasteiger partial charge in [-0.1, -0.05) is 19.1 Å². The van der Waals surface area contributed by atoms with Crippen molar-refractivity contribution in [2.45, 2.75) is 45.7 Å². The minimum absolute atomic E-state index is 0.0160. The van der Waals surface area contributed by atoms with Crippen LogP contribution < -0.4 is 5.32 Å². The molecule has 0 unspecified atom stereocenters. The third kappa shape index (κ3) is 5.04. The van der Waals surface area contributed by atoms with Gasteiger partial charge in [-0.25, -0.2) is 4.39 Å². The summed E-state index contributed by atoms with van der Waals surface area (Å²) in [5.74, 6) is -0.215. The summed E-state index contributed by atoms with van der Waals surface area (Å²) in [5.41, 5.74) is 1.35. The van der Waals surface area contributed by atoms with Crippen molar-refractivity contribution in [3.05, 3.63) is 35.1 Å². The van der Waals surface area contributed by atoms with Crippen molar-refractivity contribution < 1.29 is 14.0 Å². The zero-order valence-corrected chi connectivity index (χ0v) is 16.2. The Bertz CT molecular complexity index is 640. The summed E-state index contributed by atoms with van der Waals surface area (Å²) in [6, 6.07) is 4.90. The molecule has 0 radical (unpaired) electrons. The zero-order chi connectivity index (χ0) is 19.3. The van der Waals surface area contributed by atoms with E-state index >= 15 is 0 Å². The lowest BCUT2D eigenvalue weighted by molar-refractivity contribution is -0.139. The highest BCUT2D eigenvalue weighted by Gasteiger charge is 2.30. The van der Waals surface area contributed by atoms with Crippen LogP contribution in [-0.2, 0) is 16.1 Å². The number of carbonyl (C=O) groups is 2. The summed E-state index contributed by atoms with van der Waals surface area (Å²) < 4.78 is 13.6. The van der Waals surface area contributed by atoms with Crippen LogP contribution in [0.1, 0.15) is 37.3 Å². The van der Waals surface area contributed by atoms with Crippen molar-refractivity contribution in [3.8, 4) is 0 Å². The Morgan fingerprint density at radius 1 is 1.31 bits per heavy atom. The number of hydrogen-bond donors (Lipinski definition) is 1. The van der Waals surface area contributed by atoms with Crippen LogP contribution in [0.4, 0.5) is 4.39 Å². The van der Waals surface area contributed by atoms with E-state index in [0.29, 0.717) is 38.0 Å². The summed E-state index contributed by atoms with van der Waals surface area (Å²) in [6.45, 7) is 5.28. The molecule has 1 N–H and O–H groups in total. The minimum atomic E-state index is -0.255. The fourth-order valence-corrected chi connectivity index (χ4v) is 3.41. The second-order valence-corrected chi connectivity index (χ2v) is 7.29. The van der Waals surface area contributed by atoms with Crippen LogP contribution in [0.15, 0.2) is 18.2 Å². The molecule has 1 aliphatic heterocycles. The molecule has 2 amide bonds. The smallest absolute Gasteiger partial charge is 0.239 e. The monoisotopic (exact) mass is 363 g/mol. The predicted octanol–water partition coefficient (Wildman–Crippen LogP) is 2.33. The number of rotatable bonds is 6. The first kappa shape index (κ1) is 20.4. The van der Waals surface area contributed by atoms with E-state index in [1.165, 1.54) is 6.07 Å². The lowest BCUT2D eigenvalue weighted by atomic mass is 9.95. The molecule has 0 saturated carbocycles. The number of amides is 2. The summed E-state index contributed by atoms with van der Waals surface area (Å²) in [6.07, 6.45) is 2.12. The van der Waals surface area contributed by atoms with Gasteiger partial charge >= 0.3 is 0 Å². The SMILES string of the molecule is CC[C@@H](C(=O)N1CCC(C(=O)NCc2ccc(C)c(F)c2)CC1)N(C)C. The zero-order valence-electron chi connectivity index (χ0n) is 16.2. The predicted molar refractivity (Wildman–Crippen MR) is 100 cm³/mol. The third-order valence-electron chi connectivity index (χ3n) is 5.18. The molecule has 26 heavy (non-hydrogen) atoms. The molecule has 1 fully saturated rings. The molecule has 6 heteroatoms. The lowest BCUT2D eigenvalue weighted by Crippen LogP contribution is -2.49. The van der Waals surface area contributed by atoms with Gasteiger partial charge in [-0.3, -0.25) is 14.5 Å². The third-order valence-corrected chi connectivity index (χ3v) is 5.18. The van der Waals surface area contributed by atoms with E-state index in [-0.39, 0.29) is 29.6 Å². The van der Waals surface area contributed by atoms with Crippen molar-refractivity contribution in [2.24, 2.45) is 5.92 Å². The molecule has 1 saturated heterocycles. The van der Waals surface area contributed by atoms with Crippen molar-refractivity contribution in [2.75, 3.05) is 27.2 Å². The quantitative estimate of drug-likeness (QED) is 0.844. The molecule has 1 aromatic carbocycles. The normalized spacial score (nSPS) is 16.6. The number of nitrogens with one attached hydrogen (secondary N) is 1. The van der Waals surface area contributed by atoms with Gasteiger partial charge in [0.15, 0.2) is 0 Å². The van der Waals surface area contributed by atoms with E-state index in [1.807, 2.05) is 36.9 Å². The Balaban J connectivity index is 1.82. The Hall–Kier alpha value is -1.95. The fraction of sp³-hybridized carbons (Fsp3) is 0.600. The summed E-state index contributed by atoms with van der Waals surface area (Å²) in [4.78, 5) is 28.8. The molecule has 1 heterocycles. The molecule has 2 rings (SSSR count). The van der Waals surface area contributed by atoms with Crippen molar-refractivity contribution >= 4 is 11.8 Å². The molecule has 144 valence electrons. The molecule has 0 aromatic heterocycles. The Kier molecular flexibility index (Phi) is 7.14. The average molecular weight is 363 g/mol. The van der Waals surface area contributed by atoms with E-state index in [2.05, 4.69) is 5.32 Å². The van der Waals surface area contributed by atoms with E-state index < -0.39 is 0 Å². The maximum Gasteiger partial charge on any atom is 0.239 e. The maximum absolute atomic E-state index is 13.6. The minimum Gasteiger partial charge on any atom is -0.352 e. The van der Waals surface area contributed by atoms with Gasteiger partial charge in [0.25, 0.3) is 0 Å². The molecule has 5 nitrogen and oxygen atoms in total. The van der Waals surface area contributed by atoms with Crippen molar-refractivity contribution in [3.63, 3.8) is 0 Å². The Labute approximate surface area is 155 Å². The number of piperidine rings is 1. The van der Waals surface area contributed by atoms with Gasteiger partial charge in [0.2, 0.25) is 11.8 Å². The number of likely N-dealkylation sites (N-methyl/N-ethyl adjacent to an activating group) is 1. The highest BCUT2D eigenvalue weighted by atomic mass is 19.1. The average Bonchev–Trinajstić information content (AvgIpc) is 2.62. The van der Waals surface area contributed by atoms with Gasteiger partial charge < -0.3 is 10.2 Å². The van der Waals surface area contributed by atoms with Crippen LogP contribution in [-0.4, -0.2) is 54.8 Å². The van der Waals surface area contributed by atoms with Crippen LogP contribution in [0.2, 0.25) is 0 Å². The summed E-state index contributed by atoms with van der Waals surface area (Å²) in [7, 11) is 3.83. The number of nitrogens with zero attached hydrogens (tertiary/aromatic N) is 2. The molecule has 1 atom stereocenters. The second-order valence-electron chi connectivity index (χ2n) is 7.29. The van der Waals surface area contributed by atoms with E-state index in [9.17, 15) is 14.0 Å². The van der Waals surface area contributed by atoms with Gasteiger partial charge in [0.1, 0.15) is 5.82 Å². The fourth-order valence-electron chi connectivity index (χ4n) is 3.41. The highest BCUT2D eigenvalue weighted by molar-refractivity contribution is 5.83. The number of hydrogen-bond acceptors (Lipinski definition) is 3. The molecule has 1 aliphatic rings. The molecular weight excluding hydrogens is 333 g/mol. The van der Waals surface area contributed by atoms with Gasteiger partial charge in [-0.15, -0.1) is 0 Å².